The summed E-state index contributed by atoms with van der Waals surface area (Å²) in [6, 6.07) is 23.0. The normalized spacial score (nSPS) is 19.1. The highest BCUT2D eigenvalue weighted by Crippen LogP contribution is 2.57. The number of aromatic nitrogens is 3. The van der Waals surface area contributed by atoms with Crippen LogP contribution in [0.4, 0.5) is 10.5 Å². The van der Waals surface area contributed by atoms with Crippen molar-refractivity contribution in [2.75, 3.05) is 5.32 Å². The van der Waals surface area contributed by atoms with Crippen LogP contribution in [0.2, 0.25) is 10.3 Å². The molecule has 3 amide bonds. The van der Waals surface area contributed by atoms with Crippen molar-refractivity contribution in [3.63, 3.8) is 0 Å². The van der Waals surface area contributed by atoms with Gasteiger partial charge in [-0.1, -0.05) is 110 Å². The number of ether oxygens (including phenoxy) is 1. The fourth-order valence-corrected chi connectivity index (χ4v) is 8.87. The van der Waals surface area contributed by atoms with Crippen molar-refractivity contribution in [2.45, 2.75) is 44.4 Å². The Morgan fingerprint density at radius 1 is 0.983 bits per heavy atom. The summed E-state index contributed by atoms with van der Waals surface area (Å²) in [6.45, 7) is 3.71. The third kappa shape index (κ3) is 5.33. The number of nitrogens with zero attached hydrogens (tertiary/aromatic N) is 2. The molecule has 0 saturated heterocycles. The number of rotatable bonds is 4. The average molecular weight is 816 g/mol. The molecule has 6 heterocycles. The van der Waals surface area contributed by atoms with Crippen molar-refractivity contribution < 1.29 is 33.1 Å². The van der Waals surface area contributed by atoms with Crippen LogP contribution in [0.5, 0.6) is 5.75 Å². The number of carbonyl (C=O) groups excluding carboxylic acids is 3. The second-order valence-corrected chi connectivity index (χ2v) is 15.6. The second kappa shape index (κ2) is 13.3. The molecule has 0 fully saturated rings. The summed E-state index contributed by atoms with van der Waals surface area (Å²) in [5.74, 6) is -1.62. The van der Waals surface area contributed by atoms with Crippen LogP contribution in [0.3, 0.4) is 0 Å². The molecule has 1 spiro atoms. The van der Waals surface area contributed by atoms with Crippen LogP contribution in [0.25, 0.3) is 44.9 Å². The van der Waals surface area contributed by atoms with E-state index in [1.807, 2.05) is 74.5 Å². The van der Waals surface area contributed by atoms with Gasteiger partial charge in [0, 0.05) is 34.0 Å². The van der Waals surface area contributed by atoms with Crippen LogP contribution in [-0.2, 0) is 32.8 Å². The standard InChI is InChI=1S/C43H32Cl2N6O7/c1-19(2)31-39-49-33-35(58-39)43(25-16-21(14-15-28(25)52)17-27(38(53)48-31)47-42(55)56-18-20-8-4-3-5-9-20)24-12-6-11-23(32(24)50-41(43)54)22-10-7-13-26-29(22)30(36(44)46-26)34-37(45)51-40(33)57-34/h3-16,19,27,31,46,52H,17-18H2,1-2H3,(H,47,55)(H,48,53)(H,50,54). The molecule has 5 N–H and O–H groups in total. The fraction of sp³-hybridized carbons (Fsp3) is 0.186. The van der Waals surface area contributed by atoms with E-state index in [-0.39, 0.29) is 69.6 Å². The highest BCUT2D eigenvalue weighted by atomic mass is 35.5. The molecule has 4 aromatic carbocycles. The number of aromatic hydroxyl groups is 1. The van der Waals surface area contributed by atoms with Crippen molar-refractivity contribution in [1.82, 2.24) is 25.6 Å². The van der Waals surface area contributed by atoms with Gasteiger partial charge >= 0.3 is 6.09 Å². The first-order valence-corrected chi connectivity index (χ1v) is 19.3. The number of oxazole rings is 2. The zero-order chi connectivity index (χ0) is 40.0. The maximum Gasteiger partial charge on any atom is 0.408 e. The lowest BCUT2D eigenvalue weighted by atomic mass is 9.71. The van der Waals surface area contributed by atoms with Gasteiger partial charge in [-0.3, -0.25) is 9.59 Å². The highest BCUT2D eigenvalue weighted by Gasteiger charge is 2.57. The van der Waals surface area contributed by atoms with E-state index in [1.165, 1.54) is 6.07 Å². The molecule has 290 valence electrons. The molecule has 10 rings (SSSR count). The van der Waals surface area contributed by atoms with Crippen LogP contribution in [-0.4, -0.2) is 44.0 Å². The number of halogens is 2. The van der Waals surface area contributed by atoms with Crippen LogP contribution < -0.4 is 16.0 Å². The Labute approximate surface area is 339 Å². The average Bonchev–Trinajstić information content (AvgIpc) is 3.97. The van der Waals surface area contributed by atoms with Crippen molar-refractivity contribution >= 4 is 57.7 Å². The maximum atomic E-state index is 15.2. The van der Waals surface area contributed by atoms with Crippen LogP contribution in [0, 0.1) is 5.92 Å². The minimum Gasteiger partial charge on any atom is -0.508 e. The number of H-pyrrole nitrogens is 1. The summed E-state index contributed by atoms with van der Waals surface area (Å²) in [7, 11) is 0. The van der Waals surface area contributed by atoms with Crippen molar-refractivity contribution in [3.8, 4) is 39.8 Å². The smallest absolute Gasteiger partial charge is 0.408 e. The molecule has 10 bridgehead atoms. The Bertz CT molecular complexity index is 2860. The van der Waals surface area contributed by atoms with Gasteiger partial charge in [0.2, 0.25) is 17.7 Å². The number of hydrogen-bond donors (Lipinski definition) is 5. The summed E-state index contributed by atoms with van der Waals surface area (Å²) < 4.78 is 18.8. The topological polar surface area (TPSA) is 185 Å². The number of benzene rings is 4. The van der Waals surface area contributed by atoms with Crippen molar-refractivity contribution in [2.24, 2.45) is 5.92 Å². The van der Waals surface area contributed by atoms with Gasteiger partial charge in [0.25, 0.3) is 5.89 Å². The van der Waals surface area contributed by atoms with Gasteiger partial charge in [-0.15, -0.1) is 0 Å². The molecule has 3 unspecified atom stereocenters. The fourth-order valence-electron chi connectivity index (χ4n) is 8.38. The van der Waals surface area contributed by atoms with E-state index >= 15 is 4.79 Å². The van der Waals surface area contributed by atoms with Crippen LogP contribution in [0.15, 0.2) is 93.8 Å². The zero-order valence-electron chi connectivity index (χ0n) is 30.8. The summed E-state index contributed by atoms with van der Waals surface area (Å²) in [5, 5.41) is 21.7. The Morgan fingerprint density at radius 3 is 2.59 bits per heavy atom. The van der Waals surface area contributed by atoms with Crippen LogP contribution in [0.1, 0.15) is 53.8 Å². The summed E-state index contributed by atoms with van der Waals surface area (Å²) in [6.07, 6.45) is -0.848. The van der Waals surface area contributed by atoms with E-state index in [0.717, 1.165) is 5.56 Å². The number of phenolic OH excluding ortho intramolecular Hbond substituents is 1. The number of aromatic amines is 1. The third-order valence-electron chi connectivity index (χ3n) is 11.1. The highest BCUT2D eigenvalue weighted by molar-refractivity contribution is 6.37. The van der Waals surface area contributed by atoms with Crippen molar-refractivity contribution in [1.29, 1.82) is 0 Å². The van der Waals surface area contributed by atoms with E-state index in [9.17, 15) is 14.7 Å². The van der Waals surface area contributed by atoms with E-state index in [0.29, 0.717) is 44.4 Å². The number of amides is 3. The third-order valence-corrected chi connectivity index (χ3v) is 11.6. The Hall–Kier alpha value is -6.57. The number of nitrogens with one attached hydrogen (secondary N) is 4. The molecule has 58 heavy (non-hydrogen) atoms. The number of carbonyl (C=O) groups is 3. The van der Waals surface area contributed by atoms with E-state index < -0.39 is 35.4 Å². The monoisotopic (exact) mass is 814 g/mol. The first-order chi connectivity index (χ1) is 28.0. The number of alkyl carbamates (subject to hydrolysis) is 1. The van der Waals surface area contributed by atoms with Crippen molar-refractivity contribution in [3.05, 3.63) is 129 Å². The maximum absolute atomic E-state index is 15.2. The quantitative estimate of drug-likeness (QED) is 0.116. The Morgan fingerprint density at radius 2 is 1.78 bits per heavy atom. The SMILES string of the molecule is CC(C)C1NC(=O)C(NC(=O)OCc2ccccc2)Cc2ccc(O)c(c2)C23C(=O)Nc4c(cccc42)-c2cccc4[nH]c(Cl)c(c24)-c2oc(nc2Cl)-c2nc1oc23. The molecule has 7 aromatic rings. The molecule has 13 nitrogen and oxygen atoms in total. The van der Waals surface area contributed by atoms with Crippen LogP contribution >= 0.6 is 23.2 Å². The van der Waals surface area contributed by atoms with E-state index in [2.05, 4.69) is 25.9 Å². The summed E-state index contributed by atoms with van der Waals surface area (Å²) >= 11 is 13.8. The number of anilines is 1. The lowest BCUT2D eigenvalue weighted by Gasteiger charge is -2.29. The van der Waals surface area contributed by atoms with E-state index in [1.54, 1.807) is 18.2 Å². The van der Waals surface area contributed by atoms with E-state index in [4.69, 9.17) is 41.8 Å². The molecule has 3 aliphatic heterocycles. The minimum absolute atomic E-state index is 0.0106. The first kappa shape index (κ1) is 35.8. The number of fused-ring (bicyclic) bond motifs is 8. The molecule has 15 heteroatoms. The van der Waals surface area contributed by atoms with Gasteiger partial charge in [-0.25, -0.2) is 9.78 Å². The predicted octanol–water partition coefficient (Wildman–Crippen LogP) is 8.42. The zero-order valence-corrected chi connectivity index (χ0v) is 32.3. The Balaban J connectivity index is 1.23. The number of hydrogen-bond acceptors (Lipinski definition) is 9. The molecule has 3 aliphatic rings. The van der Waals surface area contributed by atoms with Gasteiger partial charge in [-0.05, 0) is 34.7 Å². The van der Waals surface area contributed by atoms with Gasteiger partial charge in [-0.2, -0.15) is 4.98 Å². The molecule has 3 aromatic heterocycles. The second-order valence-electron chi connectivity index (χ2n) is 14.9. The molecule has 0 saturated carbocycles. The molecule has 0 radical (unpaired) electrons. The number of phenols is 1. The molecule has 3 atom stereocenters. The Kier molecular flexibility index (Phi) is 8.18. The molecular formula is C43H32Cl2N6O7. The molecule has 0 aliphatic carbocycles. The van der Waals surface area contributed by atoms with Gasteiger partial charge in [0.15, 0.2) is 27.8 Å². The summed E-state index contributed by atoms with van der Waals surface area (Å²) in [5.41, 5.74) is 2.94. The lowest BCUT2D eigenvalue weighted by Crippen LogP contribution is -2.49. The van der Waals surface area contributed by atoms with Gasteiger partial charge in [0.05, 0.1) is 11.3 Å². The van der Waals surface area contributed by atoms with Gasteiger partial charge in [0.1, 0.15) is 29.6 Å². The lowest BCUT2D eigenvalue weighted by molar-refractivity contribution is -0.124. The first-order valence-electron chi connectivity index (χ1n) is 18.6. The molecular weight excluding hydrogens is 783 g/mol. The summed E-state index contributed by atoms with van der Waals surface area (Å²) in [4.78, 5) is 55.5. The minimum atomic E-state index is -1.90. The largest absolute Gasteiger partial charge is 0.508 e. The predicted molar refractivity (Wildman–Crippen MR) is 214 cm³/mol. The van der Waals surface area contributed by atoms with Gasteiger partial charge < -0.3 is 39.6 Å². The number of para-hydroxylation sites is 1.